The highest BCUT2D eigenvalue weighted by Crippen LogP contribution is 2.24. The van der Waals surface area contributed by atoms with Crippen molar-refractivity contribution in [2.24, 2.45) is 4.99 Å². The van der Waals surface area contributed by atoms with E-state index in [-0.39, 0.29) is 18.3 Å². The molecule has 0 saturated heterocycles. The van der Waals surface area contributed by atoms with Crippen LogP contribution in [0.5, 0.6) is 0 Å². The predicted molar refractivity (Wildman–Crippen MR) is 130 cm³/mol. The molecule has 2 aliphatic rings. The summed E-state index contributed by atoms with van der Waals surface area (Å²) in [5.74, 6) is -0.935. The minimum absolute atomic E-state index is 0.239. The van der Waals surface area contributed by atoms with E-state index in [0.717, 1.165) is 33.2 Å². The minimum Gasteiger partial charge on any atom is -0.478 e. The number of carboxylic acid groups (broad SMARTS) is 1. The number of aliphatic imine (C=N–C) groups is 1. The summed E-state index contributed by atoms with van der Waals surface area (Å²) in [4.78, 5) is 32.2. The second-order valence-corrected chi connectivity index (χ2v) is 8.61. The van der Waals surface area contributed by atoms with Crippen LogP contribution in [0.1, 0.15) is 27.9 Å². The van der Waals surface area contributed by atoms with E-state index in [2.05, 4.69) is 28.1 Å². The molecular weight excluding hydrogens is 430 g/mol. The maximum atomic E-state index is 12.8. The van der Waals surface area contributed by atoms with E-state index in [0.29, 0.717) is 32.6 Å². The predicted octanol–water partition coefficient (Wildman–Crippen LogP) is 4.68. The van der Waals surface area contributed by atoms with Crippen molar-refractivity contribution in [2.45, 2.75) is 19.6 Å². The van der Waals surface area contributed by atoms with E-state index in [1.54, 1.807) is 17.0 Å². The Balaban J connectivity index is 1.17. The Bertz CT molecular complexity index is 1300. The number of carbonyl (C=O) groups excluding carboxylic acids is 1. The highest BCUT2D eigenvalue weighted by Gasteiger charge is 2.26. The molecular formula is C27H25N3O4. The van der Waals surface area contributed by atoms with Gasteiger partial charge in [0, 0.05) is 38.3 Å². The zero-order chi connectivity index (χ0) is 23.5. The molecule has 34 heavy (non-hydrogen) atoms. The number of nitrogens with zero attached hydrogens (tertiary/aromatic N) is 3. The van der Waals surface area contributed by atoms with Crippen LogP contribution in [0.25, 0.3) is 10.8 Å². The highest BCUT2D eigenvalue weighted by atomic mass is 16.6. The minimum atomic E-state index is -0.935. The van der Waals surface area contributed by atoms with Gasteiger partial charge in [0.25, 0.3) is 0 Å². The first-order valence-electron chi connectivity index (χ1n) is 11.3. The summed E-state index contributed by atoms with van der Waals surface area (Å²) in [6.45, 7) is 2.62. The quantitative estimate of drug-likeness (QED) is 0.604. The van der Waals surface area contributed by atoms with E-state index in [1.165, 1.54) is 0 Å². The molecule has 2 heterocycles. The SMILES string of the molecule is O=C(O)c1ccc(CN2C=NC3=C(C2)CN(C(=O)OCc2ccc4ccccc4c2)CC3)cc1. The van der Waals surface area contributed by atoms with Crippen molar-refractivity contribution in [3.8, 4) is 0 Å². The molecule has 0 spiro atoms. The molecule has 0 unspecified atom stereocenters. The molecule has 7 heteroatoms. The second-order valence-electron chi connectivity index (χ2n) is 8.61. The molecule has 1 amide bonds. The van der Waals surface area contributed by atoms with Crippen molar-refractivity contribution in [1.29, 1.82) is 0 Å². The summed E-state index contributed by atoms with van der Waals surface area (Å²) in [7, 11) is 0. The van der Waals surface area contributed by atoms with Crippen LogP contribution >= 0.6 is 0 Å². The Kier molecular flexibility index (Phi) is 5.99. The molecule has 0 bridgehead atoms. The van der Waals surface area contributed by atoms with E-state index < -0.39 is 5.97 Å². The first-order valence-corrected chi connectivity index (χ1v) is 11.3. The van der Waals surface area contributed by atoms with E-state index in [1.807, 2.05) is 42.7 Å². The molecule has 0 aliphatic carbocycles. The number of amides is 1. The molecule has 5 rings (SSSR count). The maximum Gasteiger partial charge on any atom is 0.410 e. The van der Waals surface area contributed by atoms with Gasteiger partial charge in [0.2, 0.25) is 0 Å². The van der Waals surface area contributed by atoms with Crippen molar-refractivity contribution >= 4 is 29.2 Å². The molecule has 0 aromatic heterocycles. The fourth-order valence-electron chi connectivity index (χ4n) is 4.36. The Morgan fingerprint density at radius 1 is 0.941 bits per heavy atom. The molecule has 2 aliphatic heterocycles. The number of ether oxygens (including phenoxy) is 1. The van der Waals surface area contributed by atoms with E-state index in [4.69, 9.17) is 9.84 Å². The number of benzene rings is 3. The van der Waals surface area contributed by atoms with E-state index in [9.17, 15) is 9.59 Å². The van der Waals surface area contributed by atoms with Gasteiger partial charge in [-0.2, -0.15) is 0 Å². The average molecular weight is 456 g/mol. The average Bonchev–Trinajstić information content (AvgIpc) is 2.87. The van der Waals surface area contributed by atoms with Gasteiger partial charge >= 0.3 is 12.1 Å². The van der Waals surface area contributed by atoms with Crippen molar-refractivity contribution in [2.75, 3.05) is 19.6 Å². The molecule has 3 aromatic carbocycles. The summed E-state index contributed by atoms with van der Waals surface area (Å²) < 4.78 is 5.61. The van der Waals surface area contributed by atoms with Crippen LogP contribution in [-0.2, 0) is 17.9 Å². The number of carboxylic acids is 1. The standard InChI is InChI=1S/C27H25N3O4/c31-26(32)22-9-5-19(6-10-22)14-29-15-24-16-30(12-11-25(24)28-18-29)27(33)34-17-20-7-8-21-3-1-2-4-23(21)13-20/h1-10,13,18H,11-12,14-17H2,(H,31,32). The lowest BCUT2D eigenvalue weighted by molar-refractivity contribution is 0.0696. The Labute approximate surface area is 197 Å². The molecule has 7 nitrogen and oxygen atoms in total. The third kappa shape index (κ3) is 4.78. The summed E-state index contributed by atoms with van der Waals surface area (Å²) in [5.41, 5.74) is 4.38. The summed E-state index contributed by atoms with van der Waals surface area (Å²) in [5, 5.41) is 11.3. The van der Waals surface area contributed by atoms with Gasteiger partial charge in [-0.15, -0.1) is 0 Å². The summed E-state index contributed by atoms with van der Waals surface area (Å²) in [6.07, 6.45) is 2.22. The molecule has 3 aromatic rings. The number of hydrogen-bond donors (Lipinski definition) is 1. The van der Waals surface area contributed by atoms with Crippen LogP contribution in [-0.4, -0.2) is 52.9 Å². The van der Waals surface area contributed by atoms with Crippen molar-refractivity contribution in [3.63, 3.8) is 0 Å². The topological polar surface area (TPSA) is 82.4 Å². The smallest absolute Gasteiger partial charge is 0.410 e. The highest BCUT2D eigenvalue weighted by molar-refractivity contribution is 5.87. The number of rotatable bonds is 5. The Morgan fingerprint density at radius 3 is 2.50 bits per heavy atom. The van der Waals surface area contributed by atoms with Gasteiger partial charge in [0.1, 0.15) is 6.61 Å². The molecule has 172 valence electrons. The van der Waals surface area contributed by atoms with Gasteiger partial charge in [-0.3, -0.25) is 0 Å². The van der Waals surface area contributed by atoms with Gasteiger partial charge in [-0.25, -0.2) is 14.6 Å². The molecule has 0 radical (unpaired) electrons. The zero-order valence-electron chi connectivity index (χ0n) is 18.7. The van der Waals surface area contributed by atoms with Gasteiger partial charge < -0.3 is 19.6 Å². The Hall–Kier alpha value is -4.13. The Morgan fingerprint density at radius 2 is 1.71 bits per heavy atom. The van der Waals surface area contributed by atoms with Gasteiger partial charge in [0.05, 0.1) is 11.9 Å². The third-order valence-electron chi connectivity index (χ3n) is 6.20. The number of fused-ring (bicyclic) bond motifs is 1. The fraction of sp³-hybridized carbons (Fsp3) is 0.222. The second kappa shape index (κ2) is 9.39. The zero-order valence-corrected chi connectivity index (χ0v) is 18.7. The number of hydrogen-bond acceptors (Lipinski definition) is 5. The van der Waals surface area contributed by atoms with Crippen molar-refractivity contribution < 1.29 is 19.4 Å². The largest absolute Gasteiger partial charge is 0.478 e. The van der Waals surface area contributed by atoms with Crippen LogP contribution in [0, 0.1) is 0 Å². The molecule has 0 saturated carbocycles. The lowest BCUT2D eigenvalue weighted by atomic mass is 10.0. The van der Waals surface area contributed by atoms with E-state index >= 15 is 0 Å². The molecule has 0 fully saturated rings. The first kappa shape index (κ1) is 21.7. The van der Waals surface area contributed by atoms with Crippen LogP contribution < -0.4 is 0 Å². The summed E-state index contributed by atoms with van der Waals surface area (Å²) in [6, 6.07) is 21.1. The van der Waals surface area contributed by atoms with Crippen LogP contribution in [0.2, 0.25) is 0 Å². The molecule has 0 atom stereocenters. The van der Waals surface area contributed by atoms with Crippen molar-refractivity contribution in [3.05, 3.63) is 94.7 Å². The number of aromatic carboxylic acids is 1. The first-order chi connectivity index (χ1) is 16.5. The number of carbonyl (C=O) groups is 2. The van der Waals surface area contributed by atoms with Crippen LogP contribution in [0.3, 0.4) is 0 Å². The fourth-order valence-corrected chi connectivity index (χ4v) is 4.36. The molecule has 1 N–H and O–H groups in total. The monoisotopic (exact) mass is 455 g/mol. The lowest BCUT2D eigenvalue weighted by Crippen LogP contribution is -2.41. The lowest BCUT2D eigenvalue weighted by Gasteiger charge is -2.34. The van der Waals surface area contributed by atoms with Gasteiger partial charge in [-0.05, 0) is 45.7 Å². The van der Waals surface area contributed by atoms with Gasteiger partial charge in [0.15, 0.2) is 0 Å². The van der Waals surface area contributed by atoms with Crippen LogP contribution in [0.4, 0.5) is 4.79 Å². The van der Waals surface area contributed by atoms with Crippen LogP contribution in [0.15, 0.2) is 83.0 Å². The van der Waals surface area contributed by atoms with Crippen molar-refractivity contribution in [1.82, 2.24) is 9.80 Å². The normalized spacial score (nSPS) is 15.4. The third-order valence-corrected chi connectivity index (χ3v) is 6.20. The van der Waals surface area contributed by atoms with Gasteiger partial charge in [-0.1, -0.05) is 48.5 Å². The summed E-state index contributed by atoms with van der Waals surface area (Å²) >= 11 is 0. The maximum absolute atomic E-state index is 12.8.